The Labute approximate surface area is 114 Å². The highest BCUT2D eigenvalue weighted by atomic mass is 32.1. The zero-order valence-electron chi connectivity index (χ0n) is 10.6. The number of thiophene rings is 1. The maximum absolute atomic E-state index is 5.84. The Morgan fingerprint density at radius 2 is 2.32 bits per heavy atom. The van der Waals surface area contributed by atoms with Gasteiger partial charge in [-0.25, -0.2) is 0 Å². The largest absolute Gasteiger partial charge is 0.391 e. The Bertz CT molecular complexity index is 621. The highest BCUT2D eigenvalue weighted by molar-refractivity contribution is 7.19. The first kappa shape index (κ1) is 11.4. The monoisotopic (exact) mass is 277 g/mol. The van der Waals surface area contributed by atoms with Crippen LogP contribution < -0.4 is 5.73 Å². The van der Waals surface area contributed by atoms with Crippen LogP contribution in [-0.2, 0) is 4.74 Å². The van der Waals surface area contributed by atoms with E-state index in [0.29, 0.717) is 17.9 Å². The summed E-state index contributed by atoms with van der Waals surface area (Å²) in [6.45, 7) is 2.01. The molecule has 0 aliphatic carbocycles. The van der Waals surface area contributed by atoms with Gasteiger partial charge in [0.05, 0.1) is 28.0 Å². The normalized spacial score (nSPS) is 29.2. The Morgan fingerprint density at radius 1 is 1.42 bits per heavy atom. The van der Waals surface area contributed by atoms with E-state index in [9.17, 15) is 0 Å². The Hall–Kier alpha value is -1.40. The van der Waals surface area contributed by atoms with Crippen LogP contribution in [0.5, 0.6) is 0 Å². The molecule has 2 aromatic rings. The zero-order valence-corrected chi connectivity index (χ0v) is 11.4. The van der Waals surface area contributed by atoms with Crippen molar-refractivity contribution in [3.05, 3.63) is 17.5 Å². The van der Waals surface area contributed by atoms with Crippen molar-refractivity contribution < 1.29 is 9.26 Å². The SMILES string of the molecule is Cc1cc(N)sc1-c1nc(C2CC3CCC2O3)no1. The molecule has 0 saturated carbocycles. The molecule has 19 heavy (non-hydrogen) atoms. The highest BCUT2D eigenvalue weighted by Crippen LogP contribution is 2.44. The van der Waals surface area contributed by atoms with E-state index >= 15 is 0 Å². The molecule has 5 nitrogen and oxygen atoms in total. The van der Waals surface area contributed by atoms with Crippen LogP contribution in [0.25, 0.3) is 10.8 Å². The average Bonchev–Trinajstić information content (AvgIpc) is 3.11. The minimum atomic E-state index is 0.282. The van der Waals surface area contributed by atoms with Gasteiger partial charge in [-0.3, -0.25) is 0 Å². The molecule has 4 heterocycles. The number of aromatic nitrogens is 2. The van der Waals surface area contributed by atoms with Crippen LogP contribution in [-0.4, -0.2) is 22.3 Å². The van der Waals surface area contributed by atoms with Crippen molar-refractivity contribution in [2.24, 2.45) is 0 Å². The number of aryl methyl sites for hydroxylation is 1. The highest BCUT2D eigenvalue weighted by Gasteiger charge is 2.43. The van der Waals surface area contributed by atoms with Gasteiger partial charge in [0.1, 0.15) is 0 Å². The second-order valence-electron chi connectivity index (χ2n) is 5.33. The molecule has 2 fully saturated rings. The van der Waals surface area contributed by atoms with Crippen molar-refractivity contribution in [1.29, 1.82) is 0 Å². The number of hydrogen-bond acceptors (Lipinski definition) is 6. The van der Waals surface area contributed by atoms with Crippen molar-refractivity contribution in [2.45, 2.75) is 44.3 Å². The molecule has 0 spiro atoms. The van der Waals surface area contributed by atoms with Crippen LogP contribution in [0, 0.1) is 6.92 Å². The summed E-state index contributed by atoms with van der Waals surface area (Å²) in [5.41, 5.74) is 6.89. The third-order valence-electron chi connectivity index (χ3n) is 4.01. The first-order chi connectivity index (χ1) is 9.20. The summed E-state index contributed by atoms with van der Waals surface area (Å²) in [4.78, 5) is 5.53. The van der Waals surface area contributed by atoms with Gasteiger partial charge in [-0.1, -0.05) is 5.16 Å². The molecule has 6 heteroatoms. The predicted octanol–water partition coefficient (Wildman–Crippen LogP) is 2.72. The number of anilines is 1. The first-order valence-electron chi connectivity index (χ1n) is 6.56. The quantitative estimate of drug-likeness (QED) is 0.913. The Kier molecular flexibility index (Phi) is 2.43. The van der Waals surface area contributed by atoms with Crippen LogP contribution in [0.2, 0.25) is 0 Å². The van der Waals surface area contributed by atoms with E-state index in [0.717, 1.165) is 34.1 Å². The molecule has 2 saturated heterocycles. The molecule has 4 rings (SSSR count). The molecule has 2 aliphatic heterocycles. The molecular formula is C13H15N3O2S. The van der Waals surface area contributed by atoms with E-state index in [1.165, 1.54) is 17.8 Å². The van der Waals surface area contributed by atoms with E-state index in [1.54, 1.807) is 0 Å². The standard InChI is InChI=1S/C13H15N3O2S/c1-6-4-10(14)19-11(6)13-15-12(16-18-13)8-5-7-2-3-9(8)17-7/h4,7-9H,2-3,5,14H2,1H3. The second kappa shape index (κ2) is 4.05. The number of hydrogen-bond donors (Lipinski definition) is 1. The van der Waals surface area contributed by atoms with Crippen molar-refractivity contribution >= 4 is 16.3 Å². The lowest BCUT2D eigenvalue weighted by molar-refractivity contribution is 0.0996. The minimum absolute atomic E-state index is 0.282. The molecule has 3 atom stereocenters. The third-order valence-corrected chi connectivity index (χ3v) is 5.06. The van der Waals surface area contributed by atoms with Crippen molar-refractivity contribution in [1.82, 2.24) is 10.1 Å². The third kappa shape index (κ3) is 1.78. The van der Waals surface area contributed by atoms with E-state index in [2.05, 4.69) is 10.1 Å². The summed E-state index contributed by atoms with van der Waals surface area (Å²) in [6, 6.07) is 1.94. The summed E-state index contributed by atoms with van der Waals surface area (Å²) < 4.78 is 11.2. The van der Waals surface area contributed by atoms with E-state index < -0.39 is 0 Å². The fourth-order valence-electron chi connectivity index (χ4n) is 3.11. The molecule has 100 valence electrons. The smallest absolute Gasteiger partial charge is 0.268 e. The number of nitrogen functional groups attached to an aromatic ring is 1. The molecule has 2 bridgehead atoms. The molecule has 2 aromatic heterocycles. The summed E-state index contributed by atoms with van der Waals surface area (Å²) >= 11 is 1.49. The van der Waals surface area contributed by atoms with Crippen LogP contribution in [0.4, 0.5) is 5.00 Å². The van der Waals surface area contributed by atoms with E-state index in [-0.39, 0.29) is 6.10 Å². The number of fused-ring (bicyclic) bond motifs is 2. The first-order valence-corrected chi connectivity index (χ1v) is 7.37. The summed E-state index contributed by atoms with van der Waals surface area (Å²) in [5, 5.41) is 4.92. The zero-order chi connectivity index (χ0) is 13.0. The molecule has 0 radical (unpaired) electrons. The minimum Gasteiger partial charge on any atom is -0.391 e. The van der Waals surface area contributed by atoms with Gasteiger partial charge in [0.2, 0.25) is 0 Å². The van der Waals surface area contributed by atoms with Gasteiger partial charge in [-0.15, -0.1) is 11.3 Å². The predicted molar refractivity (Wildman–Crippen MR) is 72.0 cm³/mol. The lowest BCUT2D eigenvalue weighted by atomic mass is 9.89. The Balaban J connectivity index is 1.65. The lowest BCUT2D eigenvalue weighted by Crippen LogP contribution is -2.15. The Morgan fingerprint density at radius 3 is 2.95 bits per heavy atom. The summed E-state index contributed by atoms with van der Waals surface area (Å²) in [5.74, 6) is 1.67. The van der Waals surface area contributed by atoms with Crippen molar-refractivity contribution in [3.63, 3.8) is 0 Å². The number of rotatable bonds is 2. The maximum atomic E-state index is 5.84. The topological polar surface area (TPSA) is 74.2 Å². The van der Waals surface area contributed by atoms with Crippen molar-refractivity contribution in [3.8, 4) is 10.8 Å². The molecule has 2 aliphatic rings. The average molecular weight is 277 g/mol. The lowest BCUT2D eigenvalue weighted by Gasteiger charge is -2.13. The number of nitrogens with two attached hydrogens (primary N) is 1. The fraction of sp³-hybridized carbons (Fsp3) is 0.538. The van der Waals surface area contributed by atoms with Crippen LogP contribution in [0.3, 0.4) is 0 Å². The summed E-state index contributed by atoms with van der Waals surface area (Å²) in [6.07, 6.45) is 3.99. The number of ether oxygens (including phenoxy) is 1. The summed E-state index contributed by atoms with van der Waals surface area (Å²) in [7, 11) is 0. The fourth-order valence-corrected chi connectivity index (χ4v) is 3.97. The van der Waals surface area contributed by atoms with Gasteiger partial charge in [0.25, 0.3) is 5.89 Å². The molecule has 3 unspecified atom stereocenters. The van der Waals surface area contributed by atoms with Crippen LogP contribution in [0.15, 0.2) is 10.6 Å². The van der Waals surface area contributed by atoms with Gasteiger partial charge in [-0.2, -0.15) is 4.98 Å². The van der Waals surface area contributed by atoms with E-state index in [1.807, 2.05) is 13.0 Å². The maximum Gasteiger partial charge on any atom is 0.268 e. The van der Waals surface area contributed by atoms with Gasteiger partial charge in [-0.05, 0) is 37.8 Å². The van der Waals surface area contributed by atoms with Crippen LogP contribution >= 0.6 is 11.3 Å². The van der Waals surface area contributed by atoms with Crippen LogP contribution in [0.1, 0.15) is 36.6 Å². The van der Waals surface area contributed by atoms with Gasteiger partial charge in [0, 0.05) is 0 Å². The number of nitrogens with zero attached hydrogens (tertiary/aromatic N) is 2. The van der Waals surface area contributed by atoms with E-state index in [4.69, 9.17) is 15.0 Å². The molecule has 0 aromatic carbocycles. The van der Waals surface area contributed by atoms with Gasteiger partial charge < -0.3 is 15.0 Å². The van der Waals surface area contributed by atoms with Gasteiger partial charge >= 0.3 is 0 Å². The van der Waals surface area contributed by atoms with Gasteiger partial charge in [0.15, 0.2) is 5.82 Å². The molecule has 2 N–H and O–H groups in total. The molecular weight excluding hydrogens is 262 g/mol. The second-order valence-corrected chi connectivity index (χ2v) is 6.42. The van der Waals surface area contributed by atoms with Crippen molar-refractivity contribution in [2.75, 3.05) is 5.73 Å². The molecule has 0 amide bonds.